The maximum Gasteiger partial charge on any atom is 0.306 e. The molecule has 1 atom stereocenters. The van der Waals surface area contributed by atoms with Gasteiger partial charge in [0.1, 0.15) is 13.2 Å². The van der Waals surface area contributed by atoms with Gasteiger partial charge < -0.3 is 14.2 Å². The molecule has 0 saturated carbocycles. The number of carbonyl (C=O) groups excluding carboxylic acids is 3. The summed E-state index contributed by atoms with van der Waals surface area (Å²) < 4.78 is 16.9. The Balaban J connectivity index is 4.23. The van der Waals surface area contributed by atoms with Crippen LogP contribution in [0.3, 0.4) is 0 Å². The van der Waals surface area contributed by atoms with Crippen LogP contribution in [0.15, 0.2) is 0 Å². The molecule has 0 aromatic heterocycles. The van der Waals surface area contributed by atoms with Gasteiger partial charge in [0.25, 0.3) is 0 Å². The number of unbranched alkanes of at least 4 members (excludes halogenated alkanes) is 45. The topological polar surface area (TPSA) is 78.9 Å². The van der Waals surface area contributed by atoms with Crippen molar-refractivity contribution in [3.05, 3.63) is 0 Å². The molecule has 0 aliphatic rings. The van der Waals surface area contributed by atoms with Gasteiger partial charge in [-0.15, -0.1) is 0 Å². The average molecular weight is 934 g/mol. The zero-order chi connectivity index (χ0) is 47.9. The largest absolute Gasteiger partial charge is 0.462 e. The third-order valence-electron chi connectivity index (χ3n) is 13.9. The lowest BCUT2D eigenvalue weighted by Gasteiger charge is -2.18. The third-order valence-corrected chi connectivity index (χ3v) is 13.9. The maximum absolute atomic E-state index is 12.8. The molecule has 0 N–H and O–H groups in total. The molecule has 6 heteroatoms. The average Bonchev–Trinajstić information content (AvgIpc) is 3.31. The van der Waals surface area contributed by atoms with Crippen molar-refractivity contribution in [2.24, 2.45) is 0 Å². The van der Waals surface area contributed by atoms with Gasteiger partial charge >= 0.3 is 17.9 Å². The number of ether oxygens (including phenoxy) is 3. The van der Waals surface area contributed by atoms with Crippen LogP contribution in [0.2, 0.25) is 0 Å². The van der Waals surface area contributed by atoms with Crippen molar-refractivity contribution >= 4 is 17.9 Å². The van der Waals surface area contributed by atoms with Gasteiger partial charge in [0.05, 0.1) is 0 Å². The Morgan fingerprint density at radius 3 is 0.606 bits per heavy atom. The molecule has 66 heavy (non-hydrogen) atoms. The predicted octanol–water partition coefficient (Wildman–Crippen LogP) is 19.9. The van der Waals surface area contributed by atoms with Crippen LogP contribution >= 0.6 is 0 Å². The summed E-state index contributed by atoms with van der Waals surface area (Å²) in [5.74, 6) is -0.831. The van der Waals surface area contributed by atoms with Crippen LogP contribution in [0, 0.1) is 0 Å². The normalized spacial score (nSPS) is 11.9. The lowest BCUT2D eigenvalue weighted by molar-refractivity contribution is -0.167. The molecule has 0 aromatic carbocycles. The van der Waals surface area contributed by atoms with Crippen LogP contribution in [-0.4, -0.2) is 37.2 Å². The Morgan fingerprint density at radius 2 is 0.409 bits per heavy atom. The molecule has 0 spiro atoms. The standard InChI is InChI=1S/C60H116O6/c1-4-7-10-13-16-19-22-25-27-28-29-30-31-32-33-36-38-41-44-47-50-53-59(62)65-56-57(55-64-58(61)52-49-46-43-40-37-34-24-21-18-15-12-9-6-3)66-60(63)54-51-48-45-42-39-35-26-23-20-17-14-11-8-5-2/h57H,4-56H2,1-3H3. The second-order valence-corrected chi connectivity index (χ2v) is 20.6. The van der Waals surface area contributed by atoms with Crippen molar-refractivity contribution in [3.63, 3.8) is 0 Å². The zero-order valence-corrected chi connectivity index (χ0v) is 45.0. The Labute approximate surface area is 412 Å². The zero-order valence-electron chi connectivity index (χ0n) is 45.0. The minimum atomic E-state index is -0.761. The first-order valence-electron chi connectivity index (χ1n) is 30.0. The van der Waals surface area contributed by atoms with Crippen molar-refractivity contribution in [2.45, 2.75) is 354 Å². The Morgan fingerprint density at radius 1 is 0.242 bits per heavy atom. The molecule has 0 aromatic rings. The van der Waals surface area contributed by atoms with Crippen molar-refractivity contribution in [1.82, 2.24) is 0 Å². The van der Waals surface area contributed by atoms with E-state index in [1.807, 2.05) is 0 Å². The van der Waals surface area contributed by atoms with Crippen LogP contribution in [0.1, 0.15) is 348 Å². The van der Waals surface area contributed by atoms with E-state index in [0.717, 1.165) is 57.8 Å². The molecule has 0 rings (SSSR count). The van der Waals surface area contributed by atoms with Crippen LogP contribution in [0.5, 0.6) is 0 Å². The minimum absolute atomic E-state index is 0.0609. The van der Waals surface area contributed by atoms with E-state index in [-0.39, 0.29) is 31.1 Å². The van der Waals surface area contributed by atoms with Crippen LogP contribution in [0.4, 0.5) is 0 Å². The van der Waals surface area contributed by atoms with Gasteiger partial charge in [0.15, 0.2) is 6.10 Å². The van der Waals surface area contributed by atoms with E-state index >= 15 is 0 Å². The first-order valence-corrected chi connectivity index (χ1v) is 30.0. The second kappa shape index (κ2) is 56.0. The molecule has 0 aliphatic heterocycles. The number of hydrogen-bond donors (Lipinski definition) is 0. The summed E-state index contributed by atoms with van der Waals surface area (Å²) in [6.07, 6.45) is 62.4. The van der Waals surface area contributed by atoms with Crippen LogP contribution in [-0.2, 0) is 28.6 Å². The summed E-state index contributed by atoms with van der Waals surface area (Å²) in [6, 6.07) is 0. The molecule has 392 valence electrons. The number of hydrogen-bond acceptors (Lipinski definition) is 6. The Bertz CT molecular complexity index is 982. The number of esters is 3. The number of carbonyl (C=O) groups is 3. The van der Waals surface area contributed by atoms with Crippen molar-refractivity contribution < 1.29 is 28.6 Å². The third kappa shape index (κ3) is 53.4. The van der Waals surface area contributed by atoms with Gasteiger partial charge in [-0.3, -0.25) is 14.4 Å². The lowest BCUT2D eigenvalue weighted by Crippen LogP contribution is -2.30. The minimum Gasteiger partial charge on any atom is -0.462 e. The highest BCUT2D eigenvalue weighted by Crippen LogP contribution is 2.18. The maximum atomic E-state index is 12.8. The molecule has 0 radical (unpaired) electrons. The summed E-state index contributed by atoms with van der Waals surface area (Å²) in [4.78, 5) is 38.1. The molecule has 6 nitrogen and oxygen atoms in total. The van der Waals surface area contributed by atoms with Crippen molar-refractivity contribution in [3.8, 4) is 0 Å². The van der Waals surface area contributed by atoms with E-state index in [4.69, 9.17) is 14.2 Å². The van der Waals surface area contributed by atoms with E-state index in [2.05, 4.69) is 20.8 Å². The van der Waals surface area contributed by atoms with E-state index in [1.165, 1.54) is 250 Å². The highest BCUT2D eigenvalue weighted by molar-refractivity contribution is 5.71. The Kier molecular flexibility index (Phi) is 54.7. The predicted molar refractivity (Wildman–Crippen MR) is 284 cm³/mol. The Hall–Kier alpha value is -1.59. The molecule has 0 bridgehead atoms. The molecule has 1 unspecified atom stereocenters. The fourth-order valence-corrected chi connectivity index (χ4v) is 9.33. The van der Waals surface area contributed by atoms with Crippen LogP contribution < -0.4 is 0 Å². The number of rotatable bonds is 56. The molecule has 0 aliphatic carbocycles. The van der Waals surface area contributed by atoms with E-state index < -0.39 is 6.10 Å². The van der Waals surface area contributed by atoms with Crippen LogP contribution in [0.25, 0.3) is 0 Å². The first kappa shape index (κ1) is 64.4. The van der Waals surface area contributed by atoms with E-state index in [9.17, 15) is 14.4 Å². The van der Waals surface area contributed by atoms with E-state index in [0.29, 0.717) is 19.3 Å². The van der Waals surface area contributed by atoms with Gasteiger partial charge in [-0.2, -0.15) is 0 Å². The molecular weight excluding hydrogens is 817 g/mol. The first-order chi connectivity index (χ1) is 32.5. The molecule has 0 saturated heterocycles. The van der Waals surface area contributed by atoms with Gasteiger partial charge in [-0.25, -0.2) is 0 Å². The smallest absolute Gasteiger partial charge is 0.306 e. The van der Waals surface area contributed by atoms with Gasteiger partial charge in [0, 0.05) is 19.3 Å². The van der Waals surface area contributed by atoms with Crippen molar-refractivity contribution in [2.75, 3.05) is 13.2 Å². The lowest BCUT2D eigenvalue weighted by atomic mass is 10.0. The van der Waals surface area contributed by atoms with Gasteiger partial charge in [-0.05, 0) is 19.3 Å². The highest BCUT2D eigenvalue weighted by Gasteiger charge is 2.19. The summed E-state index contributed by atoms with van der Waals surface area (Å²) in [6.45, 7) is 6.71. The summed E-state index contributed by atoms with van der Waals surface area (Å²) in [5.41, 5.74) is 0. The fraction of sp³-hybridized carbons (Fsp3) is 0.950. The second-order valence-electron chi connectivity index (χ2n) is 20.6. The molecule has 0 fully saturated rings. The van der Waals surface area contributed by atoms with Gasteiger partial charge in [0.2, 0.25) is 0 Å². The summed E-state index contributed by atoms with van der Waals surface area (Å²) >= 11 is 0. The monoisotopic (exact) mass is 933 g/mol. The highest BCUT2D eigenvalue weighted by atomic mass is 16.6. The van der Waals surface area contributed by atoms with Crippen molar-refractivity contribution in [1.29, 1.82) is 0 Å². The SMILES string of the molecule is CCCCCCCCCCCCCCCCCCCCCCCC(=O)OCC(COC(=O)CCCCCCCCCCCCCCC)OC(=O)CCCCCCCCCCCCCCCC. The quantitative estimate of drug-likeness (QED) is 0.0343. The van der Waals surface area contributed by atoms with E-state index in [1.54, 1.807) is 0 Å². The molecule has 0 heterocycles. The summed E-state index contributed by atoms with van der Waals surface area (Å²) in [7, 11) is 0. The molecule has 0 amide bonds. The fourth-order valence-electron chi connectivity index (χ4n) is 9.33. The molecular formula is C60H116O6. The van der Waals surface area contributed by atoms with Gasteiger partial charge in [-0.1, -0.05) is 310 Å². The summed E-state index contributed by atoms with van der Waals surface area (Å²) in [5, 5.41) is 0.